The maximum absolute atomic E-state index is 10.9. The zero-order chi connectivity index (χ0) is 18.8. The first-order valence-electron chi connectivity index (χ1n) is 8.85. The van der Waals surface area contributed by atoms with Gasteiger partial charge in [0.25, 0.3) is 5.69 Å². The molecule has 0 bridgehead atoms. The Labute approximate surface area is 157 Å². The minimum absolute atomic E-state index is 0.0905. The van der Waals surface area contributed by atoms with E-state index in [-0.39, 0.29) is 16.7 Å². The molecule has 0 aromatic heterocycles. The zero-order valence-electron chi connectivity index (χ0n) is 14.9. The molecule has 5 heteroatoms. The smallest absolute Gasteiger partial charge is 0.258 e. The number of aryl methyl sites for hydroxylation is 1. The fraction of sp³-hybridized carbons (Fsp3) is 0.136. The van der Waals surface area contributed by atoms with Crippen molar-refractivity contribution in [2.45, 2.75) is 19.4 Å². The second-order valence-electron chi connectivity index (χ2n) is 6.61. The lowest BCUT2D eigenvalue weighted by Crippen LogP contribution is -2.19. The van der Waals surface area contributed by atoms with Crippen LogP contribution in [0.3, 0.4) is 0 Å². The summed E-state index contributed by atoms with van der Waals surface area (Å²) in [5.74, 6) is 0. The maximum atomic E-state index is 10.9. The average Bonchev–Trinajstić information content (AvgIpc) is 3.14. The third-order valence-corrected chi connectivity index (χ3v) is 4.87. The monoisotopic (exact) mass is 357 g/mol. The minimum Gasteiger partial charge on any atom is -0.258 e. The first-order valence-corrected chi connectivity index (χ1v) is 8.85. The summed E-state index contributed by atoms with van der Waals surface area (Å²) >= 11 is 0. The molecule has 4 rings (SSSR count). The van der Waals surface area contributed by atoms with Gasteiger partial charge in [0, 0.05) is 18.6 Å². The van der Waals surface area contributed by atoms with Gasteiger partial charge in [-0.2, -0.15) is 5.10 Å². The summed E-state index contributed by atoms with van der Waals surface area (Å²) in [6.07, 6.45) is 0.746. The fourth-order valence-electron chi connectivity index (χ4n) is 3.44. The molecule has 27 heavy (non-hydrogen) atoms. The third-order valence-electron chi connectivity index (χ3n) is 4.87. The van der Waals surface area contributed by atoms with E-state index in [1.54, 1.807) is 12.1 Å². The van der Waals surface area contributed by atoms with Crippen LogP contribution >= 0.6 is 0 Å². The number of benzene rings is 3. The Bertz CT molecular complexity index is 998. The standard InChI is InChI=1S/C22H19N3O2/c1-16-7-5-6-10-21(16)24-22(18-8-3-2-4-9-18)15-20(23-24)17-11-13-19(14-12-17)25(26)27/h2-14,22H,15H2,1H3. The second-order valence-corrected chi connectivity index (χ2v) is 6.61. The molecule has 0 radical (unpaired) electrons. The summed E-state index contributed by atoms with van der Waals surface area (Å²) < 4.78 is 0. The second kappa shape index (κ2) is 7.03. The Balaban J connectivity index is 1.74. The number of non-ortho nitro benzene ring substituents is 1. The van der Waals surface area contributed by atoms with E-state index in [0.717, 1.165) is 28.9 Å². The van der Waals surface area contributed by atoms with E-state index >= 15 is 0 Å². The summed E-state index contributed by atoms with van der Waals surface area (Å²) in [5.41, 5.74) is 5.36. The van der Waals surface area contributed by atoms with Gasteiger partial charge in [-0.05, 0) is 41.8 Å². The highest BCUT2D eigenvalue weighted by atomic mass is 16.6. The van der Waals surface area contributed by atoms with Gasteiger partial charge in [-0.25, -0.2) is 0 Å². The van der Waals surface area contributed by atoms with E-state index in [4.69, 9.17) is 5.10 Å². The molecule has 0 aliphatic carbocycles. The molecule has 1 aliphatic rings. The van der Waals surface area contributed by atoms with Crippen LogP contribution in [0.4, 0.5) is 11.4 Å². The highest BCUT2D eigenvalue weighted by molar-refractivity contribution is 6.03. The number of anilines is 1. The van der Waals surface area contributed by atoms with Crippen LogP contribution in [0.1, 0.15) is 29.2 Å². The number of nitrogens with zero attached hydrogens (tertiary/aromatic N) is 3. The molecule has 1 heterocycles. The first kappa shape index (κ1) is 17.0. The Morgan fingerprint density at radius 2 is 1.63 bits per heavy atom. The molecule has 0 spiro atoms. The average molecular weight is 357 g/mol. The number of hydrogen-bond acceptors (Lipinski definition) is 4. The maximum Gasteiger partial charge on any atom is 0.269 e. The van der Waals surface area contributed by atoms with Gasteiger partial charge in [-0.1, -0.05) is 48.5 Å². The van der Waals surface area contributed by atoms with Gasteiger partial charge < -0.3 is 0 Å². The highest BCUT2D eigenvalue weighted by Crippen LogP contribution is 2.38. The van der Waals surface area contributed by atoms with Crippen molar-refractivity contribution in [3.8, 4) is 0 Å². The molecule has 0 fully saturated rings. The van der Waals surface area contributed by atoms with Crippen molar-refractivity contribution in [3.05, 3.63) is 106 Å². The number of rotatable bonds is 4. The molecule has 1 aliphatic heterocycles. The number of hydrogen-bond donors (Lipinski definition) is 0. The quantitative estimate of drug-likeness (QED) is 0.473. The van der Waals surface area contributed by atoms with E-state index in [9.17, 15) is 10.1 Å². The van der Waals surface area contributed by atoms with Gasteiger partial charge >= 0.3 is 0 Å². The van der Waals surface area contributed by atoms with Gasteiger partial charge in [-0.15, -0.1) is 0 Å². The van der Waals surface area contributed by atoms with Crippen molar-refractivity contribution < 1.29 is 4.92 Å². The Morgan fingerprint density at radius 3 is 2.30 bits per heavy atom. The molecule has 0 amide bonds. The van der Waals surface area contributed by atoms with Gasteiger partial charge in [0.2, 0.25) is 0 Å². The van der Waals surface area contributed by atoms with Crippen LogP contribution in [0.25, 0.3) is 0 Å². The van der Waals surface area contributed by atoms with E-state index in [0.29, 0.717) is 0 Å². The topological polar surface area (TPSA) is 58.7 Å². The summed E-state index contributed by atoms with van der Waals surface area (Å²) in [6.45, 7) is 2.08. The van der Waals surface area contributed by atoms with Crippen molar-refractivity contribution >= 4 is 17.1 Å². The molecule has 3 aromatic rings. The summed E-state index contributed by atoms with van der Waals surface area (Å²) in [5, 5.41) is 17.9. The van der Waals surface area contributed by atoms with E-state index in [1.807, 2.05) is 30.3 Å². The summed E-state index contributed by atoms with van der Waals surface area (Å²) in [7, 11) is 0. The Morgan fingerprint density at radius 1 is 0.963 bits per heavy atom. The van der Waals surface area contributed by atoms with Crippen LogP contribution in [-0.2, 0) is 0 Å². The number of hydrazone groups is 1. The van der Waals surface area contributed by atoms with Crippen molar-refractivity contribution in [2.75, 3.05) is 5.01 Å². The van der Waals surface area contributed by atoms with Gasteiger partial charge in [-0.3, -0.25) is 15.1 Å². The van der Waals surface area contributed by atoms with E-state index in [2.05, 4.69) is 36.2 Å². The minimum atomic E-state index is -0.382. The van der Waals surface area contributed by atoms with Gasteiger partial charge in [0.05, 0.1) is 22.4 Å². The summed E-state index contributed by atoms with van der Waals surface area (Å²) in [6, 6.07) is 25.2. The number of nitro benzene ring substituents is 1. The van der Waals surface area contributed by atoms with E-state index in [1.165, 1.54) is 17.7 Å². The molecule has 0 N–H and O–H groups in total. The van der Waals surface area contributed by atoms with Gasteiger partial charge in [0.15, 0.2) is 0 Å². The van der Waals surface area contributed by atoms with Crippen molar-refractivity contribution in [1.29, 1.82) is 0 Å². The highest BCUT2D eigenvalue weighted by Gasteiger charge is 2.30. The molecule has 134 valence electrons. The van der Waals surface area contributed by atoms with Crippen LogP contribution in [0, 0.1) is 17.0 Å². The molecule has 1 atom stereocenters. The van der Waals surface area contributed by atoms with Crippen LogP contribution in [0.15, 0.2) is 84.0 Å². The first-order chi connectivity index (χ1) is 13.1. The lowest BCUT2D eigenvalue weighted by atomic mass is 9.98. The van der Waals surface area contributed by atoms with Crippen molar-refractivity contribution in [1.82, 2.24) is 0 Å². The van der Waals surface area contributed by atoms with Crippen molar-refractivity contribution in [2.24, 2.45) is 5.10 Å². The molecule has 0 saturated carbocycles. The van der Waals surface area contributed by atoms with Crippen LogP contribution < -0.4 is 5.01 Å². The molecule has 0 saturated heterocycles. The van der Waals surface area contributed by atoms with Crippen LogP contribution in [-0.4, -0.2) is 10.6 Å². The SMILES string of the molecule is Cc1ccccc1N1N=C(c2ccc([N+](=O)[O-])cc2)CC1c1ccccc1. The molecular weight excluding hydrogens is 338 g/mol. The van der Waals surface area contributed by atoms with Crippen LogP contribution in [0.5, 0.6) is 0 Å². The lowest BCUT2D eigenvalue weighted by Gasteiger charge is -2.25. The van der Waals surface area contributed by atoms with Gasteiger partial charge in [0.1, 0.15) is 0 Å². The fourth-order valence-corrected chi connectivity index (χ4v) is 3.44. The number of nitro groups is 1. The van der Waals surface area contributed by atoms with Crippen molar-refractivity contribution in [3.63, 3.8) is 0 Å². The lowest BCUT2D eigenvalue weighted by molar-refractivity contribution is -0.384. The predicted octanol–water partition coefficient (Wildman–Crippen LogP) is 5.26. The van der Waals surface area contributed by atoms with E-state index < -0.39 is 0 Å². The zero-order valence-corrected chi connectivity index (χ0v) is 14.9. The van der Waals surface area contributed by atoms with Crippen LogP contribution in [0.2, 0.25) is 0 Å². The third kappa shape index (κ3) is 3.31. The molecule has 5 nitrogen and oxygen atoms in total. The predicted molar refractivity (Wildman–Crippen MR) is 107 cm³/mol. The molecule has 1 unspecified atom stereocenters. The normalized spacial score (nSPS) is 16.3. The summed E-state index contributed by atoms with van der Waals surface area (Å²) in [4.78, 5) is 10.5. The Kier molecular flexibility index (Phi) is 4.42. The molecule has 3 aromatic carbocycles. The largest absolute Gasteiger partial charge is 0.269 e. The Hall–Kier alpha value is -3.47. The number of para-hydroxylation sites is 1. The molecular formula is C22H19N3O2.